The van der Waals surface area contributed by atoms with Gasteiger partial charge < -0.3 is 4.74 Å². The molecule has 0 amide bonds. The van der Waals surface area contributed by atoms with E-state index >= 15 is 0 Å². The van der Waals surface area contributed by atoms with Crippen molar-refractivity contribution in [3.8, 4) is 5.75 Å². The van der Waals surface area contributed by atoms with Crippen LogP contribution in [-0.4, -0.2) is 27.0 Å². The molecule has 1 N–H and O–H groups in total. The Balaban J connectivity index is 2.97. The molecule has 1 rings (SSSR count). The lowest BCUT2D eigenvalue weighted by Crippen LogP contribution is -2.22. The summed E-state index contributed by atoms with van der Waals surface area (Å²) < 4.78 is 67.0. The summed E-state index contributed by atoms with van der Waals surface area (Å²) in [5.41, 5.74) is -0.118. The standard InChI is InChI=1S/C12H15ClF3NO3S/c1-8(2)6-21(18,19)17-10-5-9(13)3-4-11(10)20-7-12(14,15)16/h3-5,8,17H,6-7H2,1-2H3. The number of benzene rings is 1. The molecule has 0 aliphatic heterocycles. The molecule has 0 saturated carbocycles. The number of halogens is 4. The van der Waals surface area contributed by atoms with Gasteiger partial charge in [0.1, 0.15) is 5.75 Å². The topological polar surface area (TPSA) is 55.4 Å². The molecule has 0 saturated heterocycles. The zero-order chi connectivity index (χ0) is 16.3. The maximum Gasteiger partial charge on any atom is 0.422 e. The molecule has 0 fully saturated rings. The van der Waals surface area contributed by atoms with Crippen LogP contribution in [0.4, 0.5) is 18.9 Å². The zero-order valence-electron chi connectivity index (χ0n) is 11.4. The number of rotatable bonds is 6. The molecule has 0 aliphatic carbocycles. The highest BCUT2D eigenvalue weighted by molar-refractivity contribution is 7.92. The maximum absolute atomic E-state index is 12.2. The number of hydrogen-bond donors (Lipinski definition) is 1. The van der Waals surface area contributed by atoms with Crippen LogP contribution in [0.3, 0.4) is 0 Å². The molecule has 0 radical (unpaired) electrons. The average Bonchev–Trinajstić information content (AvgIpc) is 2.23. The average molecular weight is 346 g/mol. The quantitative estimate of drug-likeness (QED) is 0.855. The van der Waals surface area contributed by atoms with Crippen molar-refractivity contribution in [1.82, 2.24) is 0 Å². The van der Waals surface area contributed by atoms with Gasteiger partial charge in [-0.15, -0.1) is 0 Å². The van der Waals surface area contributed by atoms with E-state index in [-0.39, 0.29) is 28.1 Å². The van der Waals surface area contributed by atoms with Crippen molar-refractivity contribution < 1.29 is 26.3 Å². The fourth-order valence-electron chi connectivity index (χ4n) is 1.52. The van der Waals surface area contributed by atoms with Crippen LogP contribution < -0.4 is 9.46 Å². The molecule has 0 spiro atoms. The third kappa shape index (κ3) is 6.90. The van der Waals surface area contributed by atoms with Crippen LogP contribution in [0.5, 0.6) is 5.75 Å². The van der Waals surface area contributed by atoms with Crippen molar-refractivity contribution >= 4 is 27.3 Å². The lowest BCUT2D eigenvalue weighted by Gasteiger charge is -2.15. The first-order valence-corrected chi connectivity index (χ1v) is 8.01. The number of nitrogens with one attached hydrogen (secondary N) is 1. The fraction of sp³-hybridized carbons (Fsp3) is 0.500. The summed E-state index contributed by atoms with van der Waals surface area (Å²) >= 11 is 5.73. The second kappa shape index (κ2) is 6.74. The molecular weight excluding hydrogens is 331 g/mol. The van der Waals surface area contributed by atoms with Crippen molar-refractivity contribution in [2.75, 3.05) is 17.1 Å². The number of sulfonamides is 1. The normalized spacial score (nSPS) is 12.5. The molecule has 120 valence electrons. The van der Waals surface area contributed by atoms with Gasteiger partial charge in [-0.2, -0.15) is 13.2 Å². The summed E-state index contributed by atoms with van der Waals surface area (Å²) in [6.07, 6.45) is -4.52. The first-order chi connectivity index (χ1) is 9.48. The SMILES string of the molecule is CC(C)CS(=O)(=O)Nc1cc(Cl)ccc1OCC(F)(F)F. The van der Waals surface area contributed by atoms with E-state index in [1.54, 1.807) is 13.8 Å². The van der Waals surface area contributed by atoms with E-state index in [2.05, 4.69) is 9.46 Å². The molecule has 0 bridgehead atoms. The van der Waals surface area contributed by atoms with Gasteiger partial charge in [0.2, 0.25) is 10.0 Å². The molecule has 21 heavy (non-hydrogen) atoms. The maximum atomic E-state index is 12.2. The van der Waals surface area contributed by atoms with E-state index in [0.29, 0.717) is 0 Å². The Hall–Kier alpha value is -1.15. The highest BCUT2D eigenvalue weighted by Gasteiger charge is 2.29. The van der Waals surface area contributed by atoms with Crippen molar-refractivity contribution in [1.29, 1.82) is 0 Å². The number of hydrogen-bond acceptors (Lipinski definition) is 3. The first kappa shape index (κ1) is 17.9. The second-order valence-corrected chi connectivity index (χ2v) is 7.03. The van der Waals surface area contributed by atoms with Gasteiger partial charge in [-0.3, -0.25) is 4.72 Å². The highest BCUT2D eigenvalue weighted by atomic mass is 35.5. The third-order valence-corrected chi connectivity index (χ3v) is 4.02. The minimum Gasteiger partial charge on any atom is -0.482 e. The summed E-state index contributed by atoms with van der Waals surface area (Å²) in [5, 5.41) is 0.177. The van der Waals surface area contributed by atoms with Gasteiger partial charge in [0.25, 0.3) is 0 Å². The number of ether oxygens (including phenoxy) is 1. The van der Waals surface area contributed by atoms with E-state index in [1.165, 1.54) is 18.2 Å². The predicted molar refractivity (Wildman–Crippen MR) is 75.2 cm³/mol. The van der Waals surface area contributed by atoms with E-state index in [0.717, 1.165) is 0 Å². The second-order valence-electron chi connectivity index (χ2n) is 4.82. The molecule has 0 heterocycles. The summed E-state index contributed by atoms with van der Waals surface area (Å²) in [5.74, 6) is -0.539. The number of anilines is 1. The minimum absolute atomic E-state index is 0.118. The van der Waals surface area contributed by atoms with Crippen molar-refractivity contribution in [2.24, 2.45) is 5.92 Å². The monoisotopic (exact) mass is 345 g/mol. The zero-order valence-corrected chi connectivity index (χ0v) is 12.9. The van der Waals surface area contributed by atoms with Crippen molar-refractivity contribution in [3.63, 3.8) is 0 Å². The van der Waals surface area contributed by atoms with Crippen molar-refractivity contribution in [3.05, 3.63) is 23.2 Å². The molecule has 0 unspecified atom stereocenters. The highest BCUT2D eigenvalue weighted by Crippen LogP contribution is 2.30. The Morgan fingerprint density at radius 1 is 1.33 bits per heavy atom. The van der Waals surface area contributed by atoms with Gasteiger partial charge in [-0.25, -0.2) is 8.42 Å². The lowest BCUT2D eigenvalue weighted by atomic mass is 10.3. The van der Waals surface area contributed by atoms with Gasteiger partial charge in [0.05, 0.1) is 11.4 Å². The summed E-state index contributed by atoms with van der Waals surface area (Å²) in [6.45, 7) is 1.89. The van der Waals surface area contributed by atoms with Crippen LogP contribution in [0, 0.1) is 5.92 Å². The van der Waals surface area contributed by atoms with Crippen LogP contribution in [-0.2, 0) is 10.0 Å². The van der Waals surface area contributed by atoms with E-state index in [9.17, 15) is 21.6 Å². The van der Waals surface area contributed by atoms with E-state index < -0.39 is 22.8 Å². The van der Waals surface area contributed by atoms with Crippen LogP contribution in [0.25, 0.3) is 0 Å². The summed E-state index contributed by atoms with van der Waals surface area (Å²) in [6, 6.07) is 3.69. The van der Waals surface area contributed by atoms with Gasteiger partial charge in [0.15, 0.2) is 6.61 Å². The smallest absolute Gasteiger partial charge is 0.422 e. The minimum atomic E-state index is -4.52. The van der Waals surface area contributed by atoms with Gasteiger partial charge in [0, 0.05) is 5.02 Å². The predicted octanol–water partition coefficient (Wildman–Crippen LogP) is 3.68. The molecule has 0 aliphatic rings. The Morgan fingerprint density at radius 3 is 2.48 bits per heavy atom. The molecule has 9 heteroatoms. The molecular formula is C12H15ClF3NO3S. The molecule has 1 aromatic rings. The molecule has 1 aromatic carbocycles. The van der Waals surface area contributed by atoms with Gasteiger partial charge in [-0.1, -0.05) is 25.4 Å². The fourth-order valence-corrected chi connectivity index (χ4v) is 3.14. The molecule has 0 aromatic heterocycles. The van der Waals surface area contributed by atoms with Gasteiger partial charge in [-0.05, 0) is 24.1 Å². The Labute approximate surface area is 126 Å². The molecule has 4 nitrogen and oxygen atoms in total. The van der Waals surface area contributed by atoms with E-state index in [1.807, 2.05) is 0 Å². The molecule has 0 atom stereocenters. The Bertz CT molecular complexity index is 588. The Morgan fingerprint density at radius 2 is 1.95 bits per heavy atom. The third-order valence-electron chi connectivity index (χ3n) is 2.15. The van der Waals surface area contributed by atoms with Gasteiger partial charge >= 0.3 is 6.18 Å². The summed E-state index contributed by atoms with van der Waals surface area (Å²) in [4.78, 5) is 0. The first-order valence-electron chi connectivity index (χ1n) is 5.98. The van der Waals surface area contributed by atoms with E-state index in [4.69, 9.17) is 11.6 Å². The lowest BCUT2D eigenvalue weighted by molar-refractivity contribution is -0.153. The largest absolute Gasteiger partial charge is 0.482 e. The van der Waals surface area contributed by atoms with Crippen LogP contribution >= 0.6 is 11.6 Å². The van der Waals surface area contributed by atoms with Crippen LogP contribution in [0.1, 0.15) is 13.8 Å². The van der Waals surface area contributed by atoms with Crippen LogP contribution in [0.2, 0.25) is 5.02 Å². The van der Waals surface area contributed by atoms with Crippen molar-refractivity contribution in [2.45, 2.75) is 20.0 Å². The number of alkyl halides is 3. The Kier molecular flexibility index (Phi) is 5.75. The summed E-state index contributed by atoms with van der Waals surface area (Å²) in [7, 11) is -3.70. The van der Waals surface area contributed by atoms with Crippen LogP contribution in [0.15, 0.2) is 18.2 Å².